The van der Waals surface area contributed by atoms with Crippen LogP contribution in [0, 0.1) is 5.92 Å². The molecule has 1 aromatic heterocycles. The third-order valence-corrected chi connectivity index (χ3v) is 4.80. The number of amides is 1. The zero-order valence-electron chi connectivity index (χ0n) is 14.9. The molecule has 1 aliphatic carbocycles. The van der Waals surface area contributed by atoms with Crippen molar-refractivity contribution in [2.75, 3.05) is 13.7 Å². The van der Waals surface area contributed by atoms with Crippen molar-refractivity contribution in [1.29, 1.82) is 0 Å². The highest BCUT2D eigenvalue weighted by Gasteiger charge is 2.34. The number of esters is 1. The van der Waals surface area contributed by atoms with Gasteiger partial charge in [0.05, 0.1) is 18.7 Å². The first-order chi connectivity index (χ1) is 13.2. The number of dihydropyridines is 1. The van der Waals surface area contributed by atoms with Crippen LogP contribution in [0.1, 0.15) is 5.56 Å². The zero-order chi connectivity index (χ0) is 18.8. The zero-order valence-corrected chi connectivity index (χ0v) is 14.9. The third-order valence-electron chi connectivity index (χ3n) is 4.80. The number of nitrogens with one attached hydrogen (secondary N) is 2. The number of fused-ring (bicyclic) bond motifs is 2. The standard InChI is InChI=1S/C21H19N3O3/c1-27-21(26)18-19(15-7-3-5-9-17(15)24-20(18)25)22-11-10-13-12-23-16-8-4-2-6-14(13)16/h2-9,12,15,22-23H,10-11H2,1H3. The number of carbonyl (C=O) groups excluding carboxylic acids is 2. The number of aliphatic imine (C=N–C) groups is 1. The quantitative estimate of drug-likeness (QED) is 0.633. The molecular formula is C21H19N3O3. The maximum Gasteiger partial charge on any atom is 0.345 e. The lowest BCUT2D eigenvalue weighted by Crippen LogP contribution is -2.36. The second kappa shape index (κ2) is 7.07. The number of rotatable bonds is 5. The Morgan fingerprint density at radius 2 is 2.15 bits per heavy atom. The molecule has 0 spiro atoms. The minimum absolute atomic E-state index is 0.0230. The number of hydrogen-bond donors (Lipinski definition) is 2. The van der Waals surface area contributed by atoms with Gasteiger partial charge < -0.3 is 15.0 Å². The van der Waals surface area contributed by atoms with Crippen LogP contribution in [0.5, 0.6) is 0 Å². The maximum absolute atomic E-state index is 12.4. The molecule has 6 nitrogen and oxygen atoms in total. The fraction of sp³-hybridized carbons (Fsp3) is 0.190. The van der Waals surface area contributed by atoms with Gasteiger partial charge in [0.15, 0.2) is 0 Å². The summed E-state index contributed by atoms with van der Waals surface area (Å²) < 4.78 is 4.81. The van der Waals surface area contributed by atoms with Gasteiger partial charge in [-0.1, -0.05) is 36.4 Å². The van der Waals surface area contributed by atoms with Gasteiger partial charge in [-0.3, -0.25) is 4.79 Å². The first kappa shape index (κ1) is 17.0. The summed E-state index contributed by atoms with van der Waals surface area (Å²) >= 11 is 0. The fourth-order valence-electron chi connectivity index (χ4n) is 3.49. The van der Waals surface area contributed by atoms with E-state index in [4.69, 9.17) is 4.74 Å². The molecule has 1 unspecified atom stereocenters. The minimum atomic E-state index is -0.666. The van der Waals surface area contributed by atoms with E-state index in [1.54, 1.807) is 6.08 Å². The van der Waals surface area contributed by atoms with Crippen molar-refractivity contribution in [3.05, 3.63) is 71.6 Å². The lowest BCUT2D eigenvalue weighted by Gasteiger charge is -2.26. The normalized spacial score (nSPS) is 18.5. The number of H-pyrrole nitrogens is 1. The third kappa shape index (κ3) is 3.10. The van der Waals surface area contributed by atoms with Gasteiger partial charge >= 0.3 is 5.97 Å². The van der Waals surface area contributed by atoms with Crippen molar-refractivity contribution in [3.63, 3.8) is 0 Å². The highest BCUT2D eigenvalue weighted by atomic mass is 16.5. The van der Waals surface area contributed by atoms with E-state index in [0.717, 1.165) is 11.9 Å². The predicted octanol–water partition coefficient (Wildman–Crippen LogP) is 2.45. The van der Waals surface area contributed by atoms with Crippen molar-refractivity contribution in [3.8, 4) is 0 Å². The van der Waals surface area contributed by atoms with Gasteiger partial charge in [-0.2, -0.15) is 0 Å². The highest BCUT2D eigenvalue weighted by molar-refractivity contribution is 6.24. The van der Waals surface area contributed by atoms with E-state index < -0.39 is 11.9 Å². The number of nitrogens with zero attached hydrogens (tertiary/aromatic N) is 1. The summed E-state index contributed by atoms with van der Waals surface area (Å²) in [6.45, 7) is 0.576. The second-order valence-electron chi connectivity index (χ2n) is 6.38. The van der Waals surface area contributed by atoms with E-state index in [9.17, 15) is 9.59 Å². The Labute approximate surface area is 156 Å². The van der Waals surface area contributed by atoms with E-state index in [1.807, 2.05) is 42.6 Å². The van der Waals surface area contributed by atoms with Gasteiger partial charge in [0, 0.05) is 29.3 Å². The Morgan fingerprint density at radius 3 is 3.00 bits per heavy atom. The summed E-state index contributed by atoms with van der Waals surface area (Å²) in [7, 11) is 1.27. The molecule has 1 aromatic carbocycles. The average Bonchev–Trinajstić information content (AvgIpc) is 3.10. The number of methoxy groups -OCH3 is 1. The number of aromatic nitrogens is 1. The number of hydrogen-bond acceptors (Lipinski definition) is 4. The predicted molar refractivity (Wildman–Crippen MR) is 103 cm³/mol. The lowest BCUT2D eigenvalue weighted by atomic mass is 9.89. The average molecular weight is 361 g/mol. The Kier molecular flexibility index (Phi) is 4.46. The first-order valence-electron chi connectivity index (χ1n) is 8.78. The van der Waals surface area contributed by atoms with E-state index in [1.165, 1.54) is 18.1 Å². The van der Waals surface area contributed by atoms with Crippen LogP contribution in [0.15, 0.2) is 71.0 Å². The fourth-order valence-corrected chi connectivity index (χ4v) is 3.49. The molecule has 2 aliphatic rings. The van der Waals surface area contributed by atoms with Gasteiger partial charge in [0.25, 0.3) is 5.91 Å². The summed E-state index contributed by atoms with van der Waals surface area (Å²) in [5.41, 5.74) is 3.42. The number of benzene rings is 1. The van der Waals surface area contributed by atoms with E-state index >= 15 is 0 Å². The van der Waals surface area contributed by atoms with Crippen LogP contribution >= 0.6 is 0 Å². The number of ether oxygens (including phenoxy) is 1. The summed E-state index contributed by atoms with van der Waals surface area (Å²) in [5, 5.41) is 4.47. The minimum Gasteiger partial charge on any atom is -0.465 e. The molecule has 1 aliphatic heterocycles. The van der Waals surface area contributed by atoms with Gasteiger partial charge in [-0.15, -0.1) is 0 Å². The van der Waals surface area contributed by atoms with Crippen molar-refractivity contribution >= 4 is 28.5 Å². The number of aromatic amines is 1. The number of para-hydroxylation sites is 1. The van der Waals surface area contributed by atoms with E-state index in [-0.39, 0.29) is 11.5 Å². The van der Waals surface area contributed by atoms with Crippen LogP contribution in [0.3, 0.4) is 0 Å². The molecule has 6 heteroatoms. The summed E-state index contributed by atoms with van der Waals surface area (Å²) in [6, 6.07) is 8.11. The molecule has 136 valence electrons. The Bertz CT molecular complexity index is 1040. The largest absolute Gasteiger partial charge is 0.465 e. The van der Waals surface area contributed by atoms with Crippen LogP contribution in [-0.2, 0) is 20.7 Å². The Balaban J connectivity index is 1.59. The molecule has 0 saturated heterocycles. The Hall–Kier alpha value is -3.41. The molecule has 0 radical (unpaired) electrons. The molecule has 2 aromatic rings. The summed E-state index contributed by atoms with van der Waals surface area (Å²) in [6.07, 6.45) is 10.2. The summed E-state index contributed by atoms with van der Waals surface area (Å²) in [5.74, 6) is -1.48. The molecule has 27 heavy (non-hydrogen) atoms. The van der Waals surface area contributed by atoms with Gasteiger partial charge in [-0.25, -0.2) is 9.79 Å². The molecule has 2 N–H and O–H groups in total. The van der Waals surface area contributed by atoms with Crippen LogP contribution in [0.4, 0.5) is 0 Å². The van der Waals surface area contributed by atoms with Crippen LogP contribution in [0.25, 0.3) is 10.9 Å². The number of allylic oxidation sites excluding steroid dienone is 4. The maximum atomic E-state index is 12.4. The van der Waals surface area contributed by atoms with E-state index in [2.05, 4.69) is 21.4 Å². The van der Waals surface area contributed by atoms with Crippen molar-refractivity contribution in [2.45, 2.75) is 6.42 Å². The molecule has 2 heterocycles. The lowest BCUT2D eigenvalue weighted by molar-refractivity contribution is -0.137. The molecule has 4 rings (SSSR count). The van der Waals surface area contributed by atoms with Gasteiger partial charge in [-0.05, 0) is 24.1 Å². The second-order valence-corrected chi connectivity index (χ2v) is 6.38. The van der Waals surface area contributed by atoms with Crippen LogP contribution < -0.4 is 5.32 Å². The summed E-state index contributed by atoms with van der Waals surface area (Å²) in [4.78, 5) is 31.8. The first-order valence-corrected chi connectivity index (χ1v) is 8.78. The topological polar surface area (TPSA) is 83.5 Å². The van der Waals surface area contributed by atoms with Crippen molar-refractivity contribution in [1.82, 2.24) is 10.3 Å². The molecular weight excluding hydrogens is 342 g/mol. The van der Waals surface area contributed by atoms with Crippen molar-refractivity contribution < 1.29 is 14.3 Å². The molecule has 0 fully saturated rings. The van der Waals surface area contributed by atoms with Gasteiger partial charge in [0.1, 0.15) is 5.57 Å². The monoisotopic (exact) mass is 361 g/mol. The van der Waals surface area contributed by atoms with Gasteiger partial charge in [0.2, 0.25) is 0 Å². The van der Waals surface area contributed by atoms with Crippen LogP contribution in [-0.4, -0.2) is 36.2 Å². The molecule has 0 saturated carbocycles. The SMILES string of the molecule is COC(=O)C1=C(NCCc2c[nH]c3ccccc23)C2C=CC=CC2=NC1=O. The highest BCUT2D eigenvalue weighted by Crippen LogP contribution is 2.27. The van der Waals surface area contributed by atoms with Crippen molar-refractivity contribution in [2.24, 2.45) is 10.9 Å². The van der Waals surface area contributed by atoms with E-state index in [0.29, 0.717) is 18.0 Å². The van der Waals surface area contributed by atoms with Crippen LogP contribution in [0.2, 0.25) is 0 Å². The number of carbonyl (C=O) groups is 2. The Morgan fingerprint density at radius 1 is 1.30 bits per heavy atom. The smallest absolute Gasteiger partial charge is 0.345 e. The molecule has 1 atom stereocenters. The molecule has 0 bridgehead atoms. The molecule has 1 amide bonds.